The quantitative estimate of drug-likeness (QED) is 0.805. The standard InChI is InChI=1S/C13H27NOS2/c1-6-14-12(7-15-9(2)3)13-8-16-10(4)11(5)17-13/h9-14H,6-8H2,1-5H3. The van der Waals surface area contributed by atoms with Crippen LogP contribution in [0.3, 0.4) is 0 Å². The fourth-order valence-corrected chi connectivity index (χ4v) is 4.99. The summed E-state index contributed by atoms with van der Waals surface area (Å²) in [5.74, 6) is 1.25. The summed E-state index contributed by atoms with van der Waals surface area (Å²) < 4.78 is 5.79. The molecule has 2 nitrogen and oxygen atoms in total. The highest BCUT2D eigenvalue weighted by Crippen LogP contribution is 2.37. The maximum atomic E-state index is 5.79. The van der Waals surface area contributed by atoms with Crippen LogP contribution < -0.4 is 5.32 Å². The summed E-state index contributed by atoms with van der Waals surface area (Å²) in [6.07, 6.45) is 0.328. The molecule has 102 valence electrons. The van der Waals surface area contributed by atoms with Crippen molar-refractivity contribution < 1.29 is 4.74 Å². The van der Waals surface area contributed by atoms with E-state index in [2.05, 4.69) is 63.5 Å². The van der Waals surface area contributed by atoms with E-state index in [4.69, 9.17) is 4.74 Å². The first-order chi connectivity index (χ1) is 8.04. The highest BCUT2D eigenvalue weighted by atomic mass is 32.2. The molecule has 1 saturated heterocycles. The van der Waals surface area contributed by atoms with Gasteiger partial charge in [0.15, 0.2) is 0 Å². The lowest BCUT2D eigenvalue weighted by Crippen LogP contribution is -2.46. The average Bonchev–Trinajstić information content (AvgIpc) is 2.28. The van der Waals surface area contributed by atoms with Gasteiger partial charge in [-0.15, -0.1) is 0 Å². The van der Waals surface area contributed by atoms with Gasteiger partial charge >= 0.3 is 0 Å². The summed E-state index contributed by atoms with van der Waals surface area (Å²) in [5.41, 5.74) is 0. The second-order valence-electron chi connectivity index (χ2n) is 4.96. The van der Waals surface area contributed by atoms with Crippen molar-refractivity contribution in [1.29, 1.82) is 0 Å². The van der Waals surface area contributed by atoms with Gasteiger partial charge in [-0.25, -0.2) is 0 Å². The van der Waals surface area contributed by atoms with Crippen molar-refractivity contribution in [2.45, 2.75) is 62.5 Å². The molecule has 17 heavy (non-hydrogen) atoms. The average molecular weight is 277 g/mol. The maximum absolute atomic E-state index is 5.79. The number of thioether (sulfide) groups is 2. The van der Waals surface area contributed by atoms with Gasteiger partial charge < -0.3 is 10.1 Å². The normalized spacial score (nSPS) is 31.8. The van der Waals surface area contributed by atoms with Crippen LogP contribution in [0.15, 0.2) is 0 Å². The molecule has 4 unspecified atom stereocenters. The van der Waals surface area contributed by atoms with E-state index in [-0.39, 0.29) is 0 Å². The Bertz CT molecular complexity index is 214. The Balaban J connectivity index is 2.45. The number of nitrogens with one attached hydrogen (secondary N) is 1. The van der Waals surface area contributed by atoms with Crippen LogP contribution in [0.5, 0.6) is 0 Å². The van der Waals surface area contributed by atoms with Crippen LogP contribution in [0.2, 0.25) is 0 Å². The predicted molar refractivity (Wildman–Crippen MR) is 81.3 cm³/mol. The Morgan fingerprint density at radius 2 is 2.00 bits per heavy atom. The molecule has 1 rings (SSSR count). The summed E-state index contributed by atoms with van der Waals surface area (Å²) in [5, 5.41) is 5.80. The molecule has 1 aliphatic heterocycles. The second-order valence-corrected chi connectivity index (χ2v) is 8.00. The largest absolute Gasteiger partial charge is 0.377 e. The Hall–Kier alpha value is 0.620. The van der Waals surface area contributed by atoms with Crippen molar-refractivity contribution in [2.24, 2.45) is 0 Å². The second kappa shape index (κ2) is 7.93. The zero-order chi connectivity index (χ0) is 12.8. The van der Waals surface area contributed by atoms with Gasteiger partial charge in [0, 0.05) is 27.5 Å². The fraction of sp³-hybridized carbons (Fsp3) is 1.00. The minimum absolute atomic E-state index is 0.328. The van der Waals surface area contributed by atoms with Crippen LogP contribution in [0.25, 0.3) is 0 Å². The lowest BCUT2D eigenvalue weighted by atomic mass is 10.2. The first-order valence-corrected chi connectivity index (χ1v) is 8.65. The lowest BCUT2D eigenvalue weighted by molar-refractivity contribution is 0.0620. The molecule has 0 aromatic heterocycles. The van der Waals surface area contributed by atoms with Crippen molar-refractivity contribution in [3.05, 3.63) is 0 Å². The van der Waals surface area contributed by atoms with E-state index >= 15 is 0 Å². The Kier molecular flexibility index (Phi) is 7.31. The first kappa shape index (κ1) is 15.7. The highest BCUT2D eigenvalue weighted by Gasteiger charge is 2.31. The Morgan fingerprint density at radius 1 is 1.29 bits per heavy atom. The van der Waals surface area contributed by atoms with Gasteiger partial charge in [0.25, 0.3) is 0 Å². The summed E-state index contributed by atoms with van der Waals surface area (Å²) in [7, 11) is 0. The zero-order valence-electron chi connectivity index (χ0n) is 11.7. The van der Waals surface area contributed by atoms with Crippen LogP contribution in [0.4, 0.5) is 0 Å². The van der Waals surface area contributed by atoms with E-state index in [0.717, 1.165) is 23.7 Å². The molecule has 0 bridgehead atoms. The van der Waals surface area contributed by atoms with Crippen molar-refractivity contribution >= 4 is 23.5 Å². The van der Waals surface area contributed by atoms with Crippen molar-refractivity contribution in [2.75, 3.05) is 18.9 Å². The number of likely N-dealkylation sites (N-methyl/N-ethyl adjacent to an activating group) is 1. The Morgan fingerprint density at radius 3 is 2.53 bits per heavy atom. The van der Waals surface area contributed by atoms with E-state index < -0.39 is 0 Å². The van der Waals surface area contributed by atoms with Gasteiger partial charge in [0.05, 0.1) is 12.7 Å². The summed E-state index contributed by atoms with van der Waals surface area (Å²) >= 11 is 4.24. The third kappa shape index (κ3) is 5.41. The van der Waals surface area contributed by atoms with E-state index in [1.54, 1.807) is 0 Å². The molecule has 0 saturated carbocycles. The fourth-order valence-electron chi connectivity index (χ4n) is 1.87. The van der Waals surface area contributed by atoms with Gasteiger partial charge in [-0.3, -0.25) is 0 Å². The van der Waals surface area contributed by atoms with Gasteiger partial charge in [-0.05, 0) is 20.4 Å². The number of hydrogen-bond acceptors (Lipinski definition) is 4. The number of rotatable bonds is 6. The molecule has 0 aliphatic carbocycles. The molecule has 0 radical (unpaired) electrons. The van der Waals surface area contributed by atoms with Crippen molar-refractivity contribution in [3.63, 3.8) is 0 Å². The molecule has 1 N–H and O–H groups in total. The molecule has 4 heteroatoms. The smallest absolute Gasteiger partial charge is 0.0634 e. The molecule has 0 aromatic rings. The van der Waals surface area contributed by atoms with Crippen LogP contribution in [0, 0.1) is 0 Å². The van der Waals surface area contributed by atoms with Crippen molar-refractivity contribution in [3.8, 4) is 0 Å². The monoisotopic (exact) mass is 277 g/mol. The molecule has 1 fully saturated rings. The minimum atomic E-state index is 0.328. The van der Waals surface area contributed by atoms with E-state index in [9.17, 15) is 0 Å². The minimum Gasteiger partial charge on any atom is -0.377 e. The van der Waals surface area contributed by atoms with Gasteiger partial charge in [0.1, 0.15) is 0 Å². The van der Waals surface area contributed by atoms with Crippen LogP contribution in [0.1, 0.15) is 34.6 Å². The third-order valence-corrected chi connectivity index (χ3v) is 6.65. The molecule has 1 aliphatic rings. The first-order valence-electron chi connectivity index (χ1n) is 6.66. The van der Waals surface area contributed by atoms with Gasteiger partial charge in [-0.2, -0.15) is 23.5 Å². The van der Waals surface area contributed by atoms with E-state index in [0.29, 0.717) is 17.4 Å². The molecule has 0 amide bonds. The van der Waals surface area contributed by atoms with E-state index in [1.807, 2.05) is 0 Å². The SMILES string of the molecule is CCNC(COC(C)C)C1CSC(C)C(C)S1. The summed E-state index contributed by atoms with van der Waals surface area (Å²) in [6.45, 7) is 12.9. The molecular weight excluding hydrogens is 250 g/mol. The summed E-state index contributed by atoms with van der Waals surface area (Å²) in [6, 6.07) is 0.495. The number of ether oxygens (including phenoxy) is 1. The maximum Gasteiger partial charge on any atom is 0.0634 e. The third-order valence-electron chi connectivity index (χ3n) is 3.10. The highest BCUT2D eigenvalue weighted by molar-refractivity contribution is 8.07. The van der Waals surface area contributed by atoms with Crippen LogP contribution in [-0.2, 0) is 4.74 Å². The predicted octanol–water partition coefficient (Wildman–Crippen LogP) is 3.02. The van der Waals surface area contributed by atoms with Gasteiger partial charge in [0.2, 0.25) is 0 Å². The number of hydrogen-bond donors (Lipinski definition) is 1. The lowest BCUT2D eigenvalue weighted by Gasteiger charge is -2.36. The molecular formula is C13H27NOS2. The van der Waals surface area contributed by atoms with Crippen molar-refractivity contribution in [1.82, 2.24) is 5.32 Å². The molecule has 0 aromatic carbocycles. The van der Waals surface area contributed by atoms with Gasteiger partial charge in [-0.1, -0.05) is 20.8 Å². The Labute approximate surface area is 115 Å². The zero-order valence-corrected chi connectivity index (χ0v) is 13.4. The molecule has 4 atom stereocenters. The van der Waals surface area contributed by atoms with Crippen LogP contribution in [-0.4, -0.2) is 46.8 Å². The van der Waals surface area contributed by atoms with Crippen LogP contribution >= 0.6 is 23.5 Å². The molecule has 1 heterocycles. The van der Waals surface area contributed by atoms with E-state index in [1.165, 1.54) is 5.75 Å². The topological polar surface area (TPSA) is 21.3 Å². The molecule has 0 spiro atoms. The summed E-state index contributed by atoms with van der Waals surface area (Å²) in [4.78, 5) is 0.